The molecule has 0 amide bonds. The molecule has 0 saturated carbocycles. The predicted octanol–water partition coefficient (Wildman–Crippen LogP) is 6.95. The van der Waals surface area contributed by atoms with Gasteiger partial charge in [-0.3, -0.25) is 9.59 Å². The zero-order valence-corrected chi connectivity index (χ0v) is 26.9. The lowest BCUT2D eigenvalue weighted by Gasteiger charge is -2.31. The number of carboxylic acid groups (broad SMARTS) is 1. The molecule has 0 heterocycles. The van der Waals surface area contributed by atoms with Gasteiger partial charge in [0, 0.05) is 19.8 Å². The first-order chi connectivity index (χ1) is 20.1. The van der Waals surface area contributed by atoms with Crippen LogP contribution in [0.5, 0.6) is 0 Å². The fourth-order valence-corrected chi connectivity index (χ4v) is 4.16. The molecule has 240 valence electrons. The maximum absolute atomic E-state index is 12.3. The minimum Gasteiger partial charge on any atom is -0.477 e. The average molecular weight is 593 g/mol. The van der Waals surface area contributed by atoms with Gasteiger partial charge in [0.2, 0.25) is 0 Å². The van der Waals surface area contributed by atoms with Crippen LogP contribution in [-0.2, 0) is 28.6 Å². The van der Waals surface area contributed by atoms with E-state index >= 15 is 0 Å². The number of carbonyl (C=O) groups is 3. The van der Waals surface area contributed by atoms with Crippen molar-refractivity contribution in [1.82, 2.24) is 0 Å². The Bertz CT molecular complexity index is 839. The van der Waals surface area contributed by atoms with E-state index in [1.807, 2.05) is 21.1 Å². The Kier molecular flexibility index (Phi) is 24.3. The number of esters is 2. The minimum atomic E-state index is -0.889. The molecule has 42 heavy (non-hydrogen) atoms. The number of aliphatic carboxylic acids is 1. The molecule has 0 fully saturated rings. The molecule has 8 nitrogen and oxygen atoms in total. The lowest BCUT2D eigenvalue weighted by molar-refractivity contribution is -0.887. The first kappa shape index (κ1) is 39.3. The third-order valence-electron chi connectivity index (χ3n) is 6.55. The SMILES string of the molecule is CC/C=C\C/C=C\C/C=C\C/C=C\CCCCCCCCC(=O)OC(COCCC(C(=O)O)[N+](C)(C)C)COC(C)=O. The van der Waals surface area contributed by atoms with Gasteiger partial charge < -0.3 is 23.8 Å². The summed E-state index contributed by atoms with van der Waals surface area (Å²) >= 11 is 0. The molecule has 0 aliphatic rings. The maximum Gasteiger partial charge on any atom is 0.362 e. The molecule has 0 aromatic heterocycles. The Morgan fingerprint density at radius 2 is 1.31 bits per heavy atom. The highest BCUT2D eigenvalue weighted by atomic mass is 16.6. The van der Waals surface area contributed by atoms with Gasteiger partial charge in [-0.25, -0.2) is 4.79 Å². The van der Waals surface area contributed by atoms with Gasteiger partial charge in [-0.1, -0.05) is 81.2 Å². The van der Waals surface area contributed by atoms with Gasteiger partial charge in [0.05, 0.1) is 34.4 Å². The summed E-state index contributed by atoms with van der Waals surface area (Å²) in [5, 5.41) is 9.43. The fourth-order valence-electron chi connectivity index (χ4n) is 4.16. The molecule has 0 aromatic rings. The molecule has 0 spiro atoms. The molecule has 8 heteroatoms. The number of allylic oxidation sites excluding steroid dienone is 8. The first-order valence-electron chi connectivity index (χ1n) is 15.6. The van der Waals surface area contributed by atoms with Gasteiger partial charge in [-0.2, -0.15) is 0 Å². The summed E-state index contributed by atoms with van der Waals surface area (Å²) in [6.45, 7) is 3.59. The van der Waals surface area contributed by atoms with Crippen LogP contribution in [0.2, 0.25) is 0 Å². The number of quaternary nitrogens is 1. The Hall–Kier alpha value is -2.71. The molecule has 0 aliphatic carbocycles. The van der Waals surface area contributed by atoms with Gasteiger partial charge in [-0.05, 0) is 44.9 Å². The number of carbonyl (C=O) groups excluding carboxylic acids is 2. The Balaban J connectivity index is 4.00. The van der Waals surface area contributed by atoms with Crippen molar-refractivity contribution >= 4 is 17.9 Å². The first-order valence-corrected chi connectivity index (χ1v) is 15.6. The number of likely N-dealkylation sites (N-methyl/N-ethyl adjacent to an activating group) is 1. The zero-order valence-electron chi connectivity index (χ0n) is 26.9. The van der Waals surface area contributed by atoms with E-state index in [0.29, 0.717) is 12.8 Å². The third kappa shape index (κ3) is 25.0. The summed E-state index contributed by atoms with van der Waals surface area (Å²) in [6.07, 6.45) is 29.1. The van der Waals surface area contributed by atoms with Crippen molar-refractivity contribution in [3.63, 3.8) is 0 Å². The van der Waals surface area contributed by atoms with E-state index in [1.165, 1.54) is 19.8 Å². The lowest BCUT2D eigenvalue weighted by Crippen LogP contribution is -2.50. The number of carboxylic acids is 1. The van der Waals surface area contributed by atoms with E-state index < -0.39 is 24.1 Å². The lowest BCUT2D eigenvalue weighted by atomic mass is 10.1. The van der Waals surface area contributed by atoms with Gasteiger partial charge in [0.1, 0.15) is 6.61 Å². The van der Waals surface area contributed by atoms with Gasteiger partial charge >= 0.3 is 17.9 Å². The van der Waals surface area contributed by atoms with Crippen LogP contribution in [0.3, 0.4) is 0 Å². The van der Waals surface area contributed by atoms with Crippen LogP contribution in [0.25, 0.3) is 0 Å². The minimum absolute atomic E-state index is 0.0434. The summed E-state index contributed by atoms with van der Waals surface area (Å²) in [5.41, 5.74) is 0. The van der Waals surface area contributed by atoms with E-state index in [0.717, 1.165) is 57.8 Å². The number of rotatable bonds is 26. The number of nitrogens with zero attached hydrogens (tertiary/aromatic N) is 1. The normalized spacial score (nSPS) is 13.8. The van der Waals surface area contributed by atoms with Crippen LogP contribution in [0.1, 0.15) is 97.3 Å². The molecule has 2 atom stereocenters. The highest BCUT2D eigenvalue weighted by Gasteiger charge is 2.31. The summed E-state index contributed by atoms with van der Waals surface area (Å²) in [5.74, 6) is -1.70. The Morgan fingerprint density at radius 3 is 1.86 bits per heavy atom. The summed E-state index contributed by atoms with van der Waals surface area (Å²) in [6, 6.07) is -0.612. The predicted molar refractivity (Wildman–Crippen MR) is 169 cm³/mol. The fraction of sp³-hybridized carbons (Fsp3) is 0.676. The summed E-state index contributed by atoms with van der Waals surface area (Å²) < 4.78 is 16.4. The number of hydrogen-bond acceptors (Lipinski definition) is 6. The van der Waals surface area contributed by atoms with Crippen LogP contribution >= 0.6 is 0 Å². The monoisotopic (exact) mass is 592 g/mol. The molecule has 0 rings (SSSR count). The molecule has 2 unspecified atom stereocenters. The standard InChI is InChI=1S/C34H57NO7/c1-6-7-8-9-10-11-12-13-14-15-16-17-18-19-20-21-22-23-24-25-33(37)42-31(29-41-30(2)36)28-40-27-26-32(34(38)39)35(3,4)5/h7-8,10-11,13-14,16-17,31-32H,6,9,12,15,18-29H2,1-5H3/p+1/b8-7-,11-10-,14-13-,17-16-. The van der Waals surface area contributed by atoms with Crippen molar-refractivity contribution < 1.29 is 38.2 Å². The van der Waals surface area contributed by atoms with Crippen molar-refractivity contribution in [2.75, 3.05) is 41.0 Å². The van der Waals surface area contributed by atoms with Crippen LogP contribution in [0, 0.1) is 0 Å². The molecular weight excluding hydrogens is 534 g/mol. The Morgan fingerprint density at radius 1 is 0.762 bits per heavy atom. The van der Waals surface area contributed by atoms with E-state index in [2.05, 4.69) is 55.5 Å². The zero-order chi connectivity index (χ0) is 31.5. The maximum atomic E-state index is 12.3. The molecule has 0 bridgehead atoms. The van der Waals surface area contributed by atoms with Crippen molar-refractivity contribution in [2.45, 2.75) is 109 Å². The van der Waals surface area contributed by atoms with Crippen molar-refractivity contribution in [3.8, 4) is 0 Å². The molecule has 1 N–H and O–H groups in total. The van der Waals surface area contributed by atoms with Crippen LogP contribution in [0.15, 0.2) is 48.6 Å². The average Bonchev–Trinajstić information content (AvgIpc) is 2.91. The largest absolute Gasteiger partial charge is 0.477 e. The van der Waals surface area contributed by atoms with E-state index in [9.17, 15) is 19.5 Å². The highest BCUT2D eigenvalue weighted by molar-refractivity contribution is 5.72. The van der Waals surface area contributed by atoms with E-state index in [4.69, 9.17) is 14.2 Å². The van der Waals surface area contributed by atoms with Gasteiger partial charge in [0.15, 0.2) is 12.1 Å². The number of unbranched alkanes of at least 4 members (excludes halogenated alkanes) is 6. The smallest absolute Gasteiger partial charge is 0.362 e. The Labute approximate surface area is 255 Å². The van der Waals surface area contributed by atoms with Gasteiger partial charge in [0.25, 0.3) is 0 Å². The third-order valence-corrected chi connectivity index (χ3v) is 6.55. The van der Waals surface area contributed by atoms with E-state index in [1.54, 1.807) is 0 Å². The molecule has 0 radical (unpaired) electrons. The topological polar surface area (TPSA) is 99.1 Å². The van der Waals surface area contributed by atoms with Crippen molar-refractivity contribution in [3.05, 3.63) is 48.6 Å². The number of hydrogen-bond donors (Lipinski definition) is 1. The molecule has 0 saturated heterocycles. The van der Waals surface area contributed by atoms with Crippen molar-refractivity contribution in [2.24, 2.45) is 0 Å². The van der Waals surface area contributed by atoms with Gasteiger partial charge in [-0.15, -0.1) is 0 Å². The molecule has 0 aliphatic heterocycles. The molecule has 0 aromatic carbocycles. The second-order valence-corrected chi connectivity index (χ2v) is 11.4. The summed E-state index contributed by atoms with van der Waals surface area (Å²) in [4.78, 5) is 35.0. The van der Waals surface area contributed by atoms with E-state index in [-0.39, 0.29) is 30.3 Å². The highest BCUT2D eigenvalue weighted by Crippen LogP contribution is 2.12. The quantitative estimate of drug-likeness (QED) is 0.0502. The second-order valence-electron chi connectivity index (χ2n) is 11.4. The number of ether oxygens (including phenoxy) is 3. The van der Waals surface area contributed by atoms with Crippen LogP contribution in [0.4, 0.5) is 0 Å². The second kappa shape index (κ2) is 26.0. The van der Waals surface area contributed by atoms with Crippen molar-refractivity contribution in [1.29, 1.82) is 0 Å². The van der Waals surface area contributed by atoms with Crippen LogP contribution in [-0.4, -0.2) is 80.6 Å². The van der Waals surface area contributed by atoms with Crippen LogP contribution < -0.4 is 0 Å². The summed E-state index contributed by atoms with van der Waals surface area (Å²) in [7, 11) is 5.45. The molecular formula is C34H58NO7+.